The van der Waals surface area contributed by atoms with Crippen molar-refractivity contribution in [3.8, 4) is 0 Å². The molecule has 0 radical (unpaired) electrons. The summed E-state index contributed by atoms with van der Waals surface area (Å²) in [7, 11) is 0. The first-order valence-corrected chi connectivity index (χ1v) is 9.41. The summed E-state index contributed by atoms with van der Waals surface area (Å²) in [6, 6.07) is 6.75. The first kappa shape index (κ1) is 18.2. The summed E-state index contributed by atoms with van der Waals surface area (Å²) in [5, 5.41) is 3.15. The van der Waals surface area contributed by atoms with Crippen LogP contribution in [0.2, 0.25) is 0 Å². The Hall–Kier alpha value is -1.59. The molecule has 5 heteroatoms. The van der Waals surface area contributed by atoms with Gasteiger partial charge in [0.25, 0.3) is 0 Å². The molecular formula is C20H31N3O2. The zero-order valence-electron chi connectivity index (χ0n) is 16.1. The smallest absolute Gasteiger partial charge is 0.322 e. The molecular weight excluding hydrogens is 314 g/mol. The van der Waals surface area contributed by atoms with Crippen LogP contribution in [0.5, 0.6) is 0 Å². The van der Waals surface area contributed by atoms with Gasteiger partial charge in [0.1, 0.15) is 0 Å². The van der Waals surface area contributed by atoms with Gasteiger partial charge in [0.05, 0.1) is 12.2 Å². The predicted molar refractivity (Wildman–Crippen MR) is 101 cm³/mol. The lowest BCUT2D eigenvalue weighted by Gasteiger charge is -2.35. The summed E-state index contributed by atoms with van der Waals surface area (Å²) in [6.07, 6.45) is 0.164. The molecule has 1 saturated heterocycles. The zero-order chi connectivity index (χ0) is 18.1. The molecule has 2 aliphatic rings. The highest BCUT2D eigenvalue weighted by molar-refractivity contribution is 5.90. The van der Waals surface area contributed by atoms with Crippen molar-refractivity contribution in [1.29, 1.82) is 0 Å². The van der Waals surface area contributed by atoms with Crippen LogP contribution in [0.4, 0.5) is 10.5 Å². The molecule has 1 aromatic rings. The summed E-state index contributed by atoms with van der Waals surface area (Å²) in [5.74, 6) is 0.615. The molecule has 1 fully saturated rings. The van der Waals surface area contributed by atoms with Gasteiger partial charge in [-0.05, 0) is 43.9 Å². The number of fused-ring (bicyclic) bond motifs is 1. The highest BCUT2D eigenvalue weighted by Crippen LogP contribution is 2.32. The third kappa shape index (κ3) is 3.98. The van der Waals surface area contributed by atoms with E-state index >= 15 is 0 Å². The number of ether oxygens (including phenoxy) is 1. The van der Waals surface area contributed by atoms with Crippen molar-refractivity contribution in [3.63, 3.8) is 0 Å². The highest BCUT2D eigenvalue weighted by atomic mass is 16.5. The maximum absolute atomic E-state index is 12.7. The van der Waals surface area contributed by atoms with E-state index in [2.05, 4.69) is 37.1 Å². The quantitative estimate of drug-likeness (QED) is 0.909. The van der Waals surface area contributed by atoms with Crippen LogP contribution >= 0.6 is 0 Å². The second-order valence-electron chi connectivity index (χ2n) is 7.93. The topological polar surface area (TPSA) is 44.8 Å². The van der Waals surface area contributed by atoms with E-state index in [0.29, 0.717) is 25.0 Å². The standard InChI is InChI=1S/C20H31N3O2/c1-13(2)16(5)22-11-17-7-6-8-19(18(17)12-22)21-20(24)23-9-14(3)25-15(4)10-23/h6-8,13-16H,9-12H2,1-5H3,(H,21,24). The van der Waals surface area contributed by atoms with E-state index in [-0.39, 0.29) is 18.2 Å². The maximum Gasteiger partial charge on any atom is 0.322 e. The Morgan fingerprint density at radius 1 is 1.16 bits per heavy atom. The van der Waals surface area contributed by atoms with E-state index in [1.54, 1.807) is 0 Å². The van der Waals surface area contributed by atoms with Gasteiger partial charge in [0.2, 0.25) is 0 Å². The first-order chi connectivity index (χ1) is 11.8. The number of morpholine rings is 1. The Balaban J connectivity index is 1.71. The number of anilines is 1. The highest BCUT2D eigenvalue weighted by Gasteiger charge is 2.29. The molecule has 138 valence electrons. The van der Waals surface area contributed by atoms with Crippen LogP contribution in [0.1, 0.15) is 45.7 Å². The first-order valence-electron chi connectivity index (χ1n) is 9.41. The summed E-state index contributed by atoms with van der Waals surface area (Å²) in [4.78, 5) is 17.1. The van der Waals surface area contributed by atoms with E-state index in [4.69, 9.17) is 4.74 Å². The van der Waals surface area contributed by atoms with Gasteiger partial charge in [-0.2, -0.15) is 0 Å². The molecule has 1 aromatic carbocycles. The van der Waals surface area contributed by atoms with Gasteiger partial charge in [-0.1, -0.05) is 26.0 Å². The van der Waals surface area contributed by atoms with Crippen LogP contribution in [0, 0.1) is 5.92 Å². The monoisotopic (exact) mass is 345 g/mol. The van der Waals surface area contributed by atoms with Crippen molar-refractivity contribution in [3.05, 3.63) is 29.3 Å². The van der Waals surface area contributed by atoms with Crippen LogP contribution in [-0.2, 0) is 17.8 Å². The van der Waals surface area contributed by atoms with Crippen LogP contribution < -0.4 is 5.32 Å². The largest absolute Gasteiger partial charge is 0.372 e. The summed E-state index contributed by atoms with van der Waals surface area (Å²) < 4.78 is 5.73. The molecule has 0 bridgehead atoms. The molecule has 5 nitrogen and oxygen atoms in total. The van der Waals surface area contributed by atoms with Gasteiger partial charge in [-0.3, -0.25) is 4.90 Å². The molecule has 0 aromatic heterocycles. The van der Waals surface area contributed by atoms with Crippen molar-refractivity contribution in [2.24, 2.45) is 5.92 Å². The van der Waals surface area contributed by atoms with Gasteiger partial charge in [0, 0.05) is 37.9 Å². The number of nitrogens with one attached hydrogen (secondary N) is 1. The molecule has 0 spiro atoms. The van der Waals surface area contributed by atoms with Gasteiger partial charge in [0.15, 0.2) is 0 Å². The Morgan fingerprint density at radius 3 is 2.48 bits per heavy atom. The normalized spacial score (nSPS) is 25.1. The lowest BCUT2D eigenvalue weighted by molar-refractivity contribution is -0.0530. The summed E-state index contributed by atoms with van der Waals surface area (Å²) >= 11 is 0. The number of benzene rings is 1. The van der Waals surface area contributed by atoms with Gasteiger partial charge in [-0.15, -0.1) is 0 Å². The molecule has 3 atom stereocenters. The fourth-order valence-corrected chi connectivity index (χ4v) is 3.81. The number of rotatable bonds is 3. The minimum absolute atomic E-state index is 0.0224. The van der Waals surface area contributed by atoms with Crippen LogP contribution in [0.3, 0.4) is 0 Å². The second-order valence-corrected chi connectivity index (χ2v) is 7.93. The van der Waals surface area contributed by atoms with Gasteiger partial charge >= 0.3 is 6.03 Å². The predicted octanol–water partition coefficient (Wildman–Crippen LogP) is 3.69. The number of carbonyl (C=O) groups excluding carboxylic acids is 1. The van der Waals surface area contributed by atoms with E-state index in [1.807, 2.05) is 30.9 Å². The molecule has 1 N–H and O–H groups in total. The Bertz CT molecular complexity index is 621. The fourth-order valence-electron chi connectivity index (χ4n) is 3.81. The number of hydrogen-bond donors (Lipinski definition) is 1. The van der Waals surface area contributed by atoms with Crippen molar-refractivity contribution < 1.29 is 9.53 Å². The van der Waals surface area contributed by atoms with E-state index < -0.39 is 0 Å². The van der Waals surface area contributed by atoms with Crippen molar-refractivity contribution in [1.82, 2.24) is 9.80 Å². The van der Waals surface area contributed by atoms with Crippen LogP contribution in [0.25, 0.3) is 0 Å². The lowest BCUT2D eigenvalue weighted by atomic mass is 10.1. The minimum atomic E-state index is -0.0224. The SMILES string of the molecule is CC1CN(C(=O)Nc2cccc3c2CN(C(C)C(C)C)C3)CC(C)O1. The third-order valence-electron chi connectivity index (χ3n) is 5.50. The number of nitrogens with zero attached hydrogens (tertiary/aromatic N) is 2. The molecule has 3 rings (SSSR count). The van der Waals surface area contributed by atoms with E-state index in [1.165, 1.54) is 11.1 Å². The zero-order valence-corrected chi connectivity index (χ0v) is 16.1. The average molecular weight is 345 g/mol. The summed E-state index contributed by atoms with van der Waals surface area (Å²) in [5.41, 5.74) is 3.54. The van der Waals surface area contributed by atoms with Crippen molar-refractivity contribution in [2.75, 3.05) is 18.4 Å². The molecule has 3 unspecified atom stereocenters. The maximum atomic E-state index is 12.7. The van der Waals surface area contributed by atoms with E-state index in [9.17, 15) is 4.79 Å². The third-order valence-corrected chi connectivity index (χ3v) is 5.50. The van der Waals surface area contributed by atoms with Crippen LogP contribution in [-0.4, -0.2) is 47.2 Å². The average Bonchev–Trinajstić information content (AvgIpc) is 2.98. The molecule has 2 aliphatic heterocycles. The molecule has 25 heavy (non-hydrogen) atoms. The number of urea groups is 1. The number of amides is 2. The second kappa shape index (κ2) is 7.34. The lowest BCUT2D eigenvalue weighted by Crippen LogP contribution is -2.49. The number of carbonyl (C=O) groups is 1. The Morgan fingerprint density at radius 2 is 1.84 bits per heavy atom. The molecule has 0 aliphatic carbocycles. The Kier molecular flexibility index (Phi) is 5.35. The fraction of sp³-hybridized carbons (Fsp3) is 0.650. The Labute approximate surface area is 151 Å². The van der Waals surface area contributed by atoms with Crippen LogP contribution in [0.15, 0.2) is 18.2 Å². The molecule has 2 heterocycles. The number of hydrogen-bond acceptors (Lipinski definition) is 3. The van der Waals surface area contributed by atoms with E-state index in [0.717, 1.165) is 18.8 Å². The van der Waals surface area contributed by atoms with Gasteiger partial charge in [-0.25, -0.2) is 4.79 Å². The van der Waals surface area contributed by atoms with Gasteiger partial charge < -0.3 is 15.0 Å². The molecule has 2 amide bonds. The summed E-state index contributed by atoms with van der Waals surface area (Å²) in [6.45, 7) is 14.0. The molecule has 0 saturated carbocycles. The minimum Gasteiger partial charge on any atom is -0.372 e. The van der Waals surface area contributed by atoms with Crippen molar-refractivity contribution >= 4 is 11.7 Å². The van der Waals surface area contributed by atoms with Crippen molar-refractivity contribution in [2.45, 2.75) is 66.0 Å².